The summed E-state index contributed by atoms with van der Waals surface area (Å²) in [5.74, 6) is -0.492. The fourth-order valence-electron chi connectivity index (χ4n) is 1.67. The maximum atomic E-state index is 12.0. The van der Waals surface area contributed by atoms with Crippen molar-refractivity contribution in [2.45, 2.75) is 13.3 Å². The van der Waals surface area contributed by atoms with Crippen LogP contribution < -0.4 is 0 Å². The lowest BCUT2D eigenvalue weighted by atomic mass is 10.1. The van der Waals surface area contributed by atoms with Gasteiger partial charge in [0.15, 0.2) is 5.76 Å². The molecule has 0 bridgehead atoms. The number of rotatable bonds is 5. The predicted molar refractivity (Wildman–Crippen MR) is 69.1 cm³/mol. The van der Waals surface area contributed by atoms with Crippen LogP contribution in [0.25, 0.3) is 0 Å². The summed E-state index contributed by atoms with van der Waals surface area (Å²) in [5, 5.41) is 0. The summed E-state index contributed by atoms with van der Waals surface area (Å²) in [5.41, 5.74) is 0.904. The summed E-state index contributed by atoms with van der Waals surface area (Å²) in [6.45, 7) is 1.98. The number of carbonyl (C=O) groups excluding carboxylic acids is 2. The zero-order chi connectivity index (χ0) is 13.7. The maximum absolute atomic E-state index is 12.0. The Morgan fingerprint density at radius 1 is 1.05 bits per heavy atom. The first-order valence-corrected chi connectivity index (χ1v) is 6.04. The molecule has 19 heavy (non-hydrogen) atoms. The van der Waals surface area contributed by atoms with Crippen LogP contribution in [0.1, 0.15) is 33.6 Å². The second-order valence-corrected chi connectivity index (χ2v) is 3.97. The molecule has 0 radical (unpaired) electrons. The van der Waals surface area contributed by atoms with Crippen LogP contribution in [0.5, 0.6) is 0 Å². The van der Waals surface area contributed by atoms with Gasteiger partial charge in [0.1, 0.15) is 0 Å². The first-order valence-electron chi connectivity index (χ1n) is 6.04. The molecule has 0 amide bonds. The third-order valence-electron chi connectivity index (χ3n) is 2.56. The van der Waals surface area contributed by atoms with Gasteiger partial charge >= 0.3 is 5.97 Å². The van der Waals surface area contributed by atoms with Crippen molar-refractivity contribution in [1.29, 1.82) is 0 Å². The second kappa shape index (κ2) is 6.00. The van der Waals surface area contributed by atoms with Gasteiger partial charge in [0.2, 0.25) is 11.5 Å². The minimum atomic E-state index is -0.554. The predicted octanol–water partition coefficient (Wildman–Crippen LogP) is 2.88. The van der Waals surface area contributed by atoms with Crippen LogP contribution in [0, 0.1) is 0 Å². The zero-order valence-electron chi connectivity index (χ0n) is 10.6. The number of benzene rings is 1. The van der Waals surface area contributed by atoms with Gasteiger partial charge in [-0.3, -0.25) is 4.79 Å². The first kappa shape index (κ1) is 13.1. The van der Waals surface area contributed by atoms with E-state index in [2.05, 4.69) is 0 Å². The lowest BCUT2D eigenvalue weighted by Crippen LogP contribution is -2.04. The Kier molecular flexibility index (Phi) is 4.13. The summed E-state index contributed by atoms with van der Waals surface area (Å²) in [4.78, 5) is 23.4. The Labute approximate surface area is 111 Å². The van der Waals surface area contributed by atoms with Gasteiger partial charge in [-0.15, -0.1) is 0 Å². The van der Waals surface area contributed by atoms with Crippen LogP contribution in [0.4, 0.5) is 0 Å². The number of esters is 1. The maximum Gasteiger partial charge on any atom is 0.374 e. The van der Waals surface area contributed by atoms with Gasteiger partial charge in [0.05, 0.1) is 6.61 Å². The molecule has 0 unspecified atom stereocenters. The van der Waals surface area contributed by atoms with Gasteiger partial charge in [-0.2, -0.15) is 0 Å². The van der Waals surface area contributed by atoms with Crippen LogP contribution in [0.2, 0.25) is 0 Å². The van der Waals surface area contributed by atoms with E-state index >= 15 is 0 Å². The molecular formula is C15H14O4. The van der Waals surface area contributed by atoms with E-state index in [4.69, 9.17) is 9.15 Å². The summed E-state index contributed by atoms with van der Waals surface area (Å²) < 4.78 is 10.0. The van der Waals surface area contributed by atoms with E-state index in [1.165, 1.54) is 12.1 Å². The Morgan fingerprint density at radius 3 is 2.42 bits per heavy atom. The molecule has 2 rings (SSSR count). The van der Waals surface area contributed by atoms with Crippen molar-refractivity contribution in [3.8, 4) is 0 Å². The highest BCUT2D eigenvalue weighted by Crippen LogP contribution is 2.12. The smallest absolute Gasteiger partial charge is 0.374 e. The van der Waals surface area contributed by atoms with Crippen molar-refractivity contribution in [3.05, 3.63) is 59.5 Å². The van der Waals surface area contributed by atoms with E-state index in [0.717, 1.165) is 5.56 Å². The monoisotopic (exact) mass is 258 g/mol. The van der Waals surface area contributed by atoms with Crippen LogP contribution >= 0.6 is 0 Å². The molecule has 0 saturated carbocycles. The lowest BCUT2D eigenvalue weighted by Gasteiger charge is -1.99. The van der Waals surface area contributed by atoms with E-state index in [1.807, 2.05) is 30.3 Å². The van der Waals surface area contributed by atoms with Crippen LogP contribution in [0.15, 0.2) is 46.9 Å². The number of ketones is 1. The van der Waals surface area contributed by atoms with Gasteiger partial charge in [-0.1, -0.05) is 30.3 Å². The number of ether oxygens (including phenoxy) is 1. The third kappa shape index (κ3) is 3.31. The van der Waals surface area contributed by atoms with Crippen molar-refractivity contribution in [2.24, 2.45) is 0 Å². The van der Waals surface area contributed by atoms with E-state index in [1.54, 1.807) is 6.92 Å². The van der Waals surface area contributed by atoms with Crippen LogP contribution in [0.3, 0.4) is 0 Å². The molecule has 0 aliphatic carbocycles. The average molecular weight is 258 g/mol. The standard InChI is InChI=1S/C15H14O4/c1-2-18-15(17)14-9-8-13(19-14)12(16)10-11-6-4-3-5-7-11/h3-9H,2,10H2,1H3. The molecule has 4 heteroatoms. The molecule has 2 aromatic rings. The van der Waals surface area contributed by atoms with Crippen LogP contribution in [-0.2, 0) is 11.2 Å². The number of hydrogen-bond acceptors (Lipinski definition) is 4. The minimum absolute atomic E-state index is 0.0539. The van der Waals surface area contributed by atoms with Crippen molar-refractivity contribution in [2.75, 3.05) is 6.61 Å². The minimum Gasteiger partial charge on any atom is -0.460 e. The highest BCUT2D eigenvalue weighted by molar-refractivity contribution is 5.96. The topological polar surface area (TPSA) is 56.5 Å². The van der Waals surface area contributed by atoms with E-state index in [9.17, 15) is 9.59 Å². The van der Waals surface area contributed by atoms with E-state index in [0.29, 0.717) is 0 Å². The van der Waals surface area contributed by atoms with E-state index in [-0.39, 0.29) is 30.3 Å². The summed E-state index contributed by atoms with van der Waals surface area (Å²) in [7, 11) is 0. The molecule has 0 spiro atoms. The molecule has 1 aromatic carbocycles. The molecule has 0 atom stereocenters. The Balaban J connectivity index is 2.06. The second-order valence-electron chi connectivity index (χ2n) is 3.97. The summed E-state index contributed by atoms with van der Waals surface area (Å²) in [6.07, 6.45) is 0.247. The van der Waals surface area contributed by atoms with Gasteiger partial charge in [0.25, 0.3) is 0 Å². The lowest BCUT2D eigenvalue weighted by molar-refractivity contribution is 0.0488. The van der Waals surface area contributed by atoms with Crippen molar-refractivity contribution >= 4 is 11.8 Å². The van der Waals surface area contributed by atoms with Crippen molar-refractivity contribution in [1.82, 2.24) is 0 Å². The Morgan fingerprint density at radius 2 is 1.74 bits per heavy atom. The van der Waals surface area contributed by atoms with Gasteiger partial charge in [0, 0.05) is 6.42 Å². The van der Waals surface area contributed by atoms with Crippen molar-refractivity contribution in [3.63, 3.8) is 0 Å². The highest BCUT2D eigenvalue weighted by Gasteiger charge is 2.16. The number of carbonyl (C=O) groups is 2. The van der Waals surface area contributed by atoms with E-state index < -0.39 is 5.97 Å². The molecule has 0 fully saturated rings. The quantitative estimate of drug-likeness (QED) is 0.611. The molecule has 1 aromatic heterocycles. The number of furan rings is 1. The Bertz CT molecular complexity index is 569. The van der Waals surface area contributed by atoms with Crippen molar-refractivity contribution < 1.29 is 18.7 Å². The molecule has 0 aliphatic heterocycles. The largest absolute Gasteiger partial charge is 0.460 e. The summed E-state index contributed by atoms with van der Waals surface area (Å²) >= 11 is 0. The molecule has 4 nitrogen and oxygen atoms in total. The molecule has 0 saturated heterocycles. The fourth-order valence-corrected chi connectivity index (χ4v) is 1.67. The molecule has 1 heterocycles. The van der Waals surface area contributed by atoms with Gasteiger partial charge < -0.3 is 9.15 Å². The average Bonchev–Trinajstić information content (AvgIpc) is 2.90. The van der Waals surface area contributed by atoms with Gasteiger partial charge in [-0.25, -0.2) is 4.79 Å². The fraction of sp³-hybridized carbons (Fsp3) is 0.200. The van der Waals surface area contributed by atoms with Crippen LogP contribution in [-0.4, -0.2) is 18.4 Å². The van der Waals surface area contributed by atoms with Gasteiger partial charge in [-0.05, 0) is 24.6 Å². The molecule has 0 aliphatic rings. The first-order chi connectivity index (χ1) is 9.20. The third-order valence-corrected chi connectivity index (χ3v) is 2.56. The molecule has 98 valence electrons. The normalized spacial score (nSPS) is 10.2. The molecular weight excluding hydrogens is 244 g/mol. The molecule has 0 N–H and O–H groups in total. The number of hydrogen-bond donors (Lipinski definition) is 0. The Hall–Kier alpha value is -2.36. The number of Topliss-reactive ketones (excluding diaryl/α,β-unsaturated/α-hetero) is 1. The zero-order valence-corrected chi connectivity index (χ0v) is 10.6. The summed E-state index contributed by atoms with van der Waals surface area (Å²) in [6, 6.07) is 12.3. The highest BCUT2D eigenvalue weighted by atomic mass is 16.5. The SMILES string of the molecule is CCOC(=O)c1ccc(C(=O)Cc2ccccc2)o1.